The van der Waals surface area contributed by atoms with E-state index in [2.05, 4.69) is 5.32 Å². The molecule has 0 radical (unpaired) electrons. The third kappa shape index (κ3) is 3.68. The molecule has 0 saturated carbocycles. The standard InChI is InChI=1S/C19H18N2O4/c22-17-6-3-11-21(17)14-9-7-13(8-10-14)12-20-18(23)15-4-1-2-5-16(15)19(24)25/h1-2,4-5,7-10H,3,6,11-12H2,(H,20,23)(H,24,25). The molecular formula is C19H18N2O4. The maximum atomic E-state index is 12.2. The molecule has 1 aliphatic rings. The molecule has 1 heterocycles. The summed E-state index contributed by atoms with van der Waals surface area (Å²) in [6, 6.07) is 13.5. The van der Waals surface area contributed by atoms with Crippen LogP contribution in [0.15, 0.2) is 48.5 Å². The molecule has 0 spiro atoms. The zero-order valence-electron chi connectivity index (χ0n) is 13.6. The van der Waals surface area contributed by atoms with Crippen molar-refractivity contribution in [3.05, 3.63) is 65.2 Å². The lowest BCUT2D eigenvalue weighted by molar-refractivity contribution is -0.117. The van der Waals surface area contributed by atoms with Gasteiger partial charge in [0.2, 0.25) is 5.91 Å². The van der Waals surface area contributed by atoms with E-state index in [-0.39, 0.29) is 23.6 Å². The lowest BCUT2D eigenvalue weighted by atomic mass is 10.1. The number of benzene rings is 2. The first-order chi connectivity index (χ1) is 12.1. The summed E-state index contributed by atoms with van der Waals surface area (Å²) in [4.78, 5) is 36.9. The maximum Gasteiger partial charge on any atom is 0.336 e. The highest BCUT2D eigenvalue weighted by atomic mass is 16.4. The van der Waals surface area contributed by atoms with Crippen LogP contribution in [0.1, 0.15) is 39.1 Å². The number of hydrogen-bond donors (Lipinski definition) is 2. The van der Waals surface area contributed by atoms with Gasteiger partial charge in [-0.15, -0.1) is 0 Å². The van der Waals surface area contributed by atoms with E-state index in [0.717, 1.165) is 24.2 Å². The van der Waals surface area contributed by atoms with E-state index >= 15 is 0 Å². The SMILES string of the molecule is O=C(O)c1ccccc1C(=O)NCc1ccc(N2CCCC2=O)cc1. The Labute approximate surface area is 145 Å². The topological polar surface area (TPSA) is 86.7 Å². The fourth-order valence-corrected chi connectivity index (χ4v) is 2.86. The second-order valence-corrected chi connectivity index (χ2v) is 5.85. The number of aromatic carboxylic acids is 1. The summed E-state index contributed by atoms with van der Waals surface area (Å²) in [5.41, 5.74) is 1.84. The molecule has 6 heteroatoms. The van der Waals surface area contributed by atoms with Crippen molar-refractivity contribution < 1.29 is 19.5 Å². The van der Waals surface area contributed by atoms with Gasteiger partial charge in [0.05, 0.1) is 11.1 Å². The predicted molar refractivity (Wildman–Crippen MR) is 92.6 cm³/mol. The van der Waals surface area contributed by atoms with Gasteiger partial charge in [0.15, 0.2) is 0 Å². The number of carboxylic acids is 1. The van der Waals surface area contributed by atoms with Crippen LogP contribution in [0.25, 0.3) is 0 Å². The smallest absolute Gasteiger partial charge is 0.336 e. The zero-order chi connectivity index (χ0) is 17.8. The molecule has 2 amide bonds. The van der Waals surface area contributed by atoms with Crippen LogP contribution in [0.3, 0.4) is 0 Å². The molecule has 6 nitrogen and oxygen atoms in total. The first-order valence-electron chi connectivity index (χ1n) is 8.06. The van der Waals surface area contributed by atoms with E-state index in [1.54, 1.807) is 17.0 Å². The largest absolute Gasteiger partial charge is 0.478 e. The maximum absolute atomic E-state index is 12.2. The molecule has 0 bridgehead atoms. The van der Waals surface area contributed by atoms with Crippen molar-refractivity contribution in [1.82, 2.24) is 5.32 Å². The van der Waals surface area contributed by atoms with Crippen LogP contribution < -0.4 is 10.2 Å². The molecule has 1 aliphatic heterocycles. The molecule has 0 aromatic heterocycles. The van der Waals surface area contributed by atoms with Crippen molar-refractivity contribution in [3.8, 4) is 0 Å². The third-order valence-corrected chi connectivity index (χ3v) is 4.18. The van der Waals surface area contributed by atoms with E-state index in [0.29, 0.717) is 6.42 Å². The van der Waals surface area contributed by atoms with E-state index in [4.69, 9.17) is 5.11 Å². The average molecular weight is 338 g/mol. The first-order valence-corrected chi connectivity index (χ1v) is 8.06. The Morgan fingerprint density at radius 3 is 2.32 bits per heavy atom. The highest BCUT2D eigenvalue weighted by Crippen LogP contribution is 2.21. The number of nitrogens with one attached hydrogen (secondary N) is 1. The fraction of sp³-hybridized carbons (Fsp3) is 0.211. The minimum atomic E-state index is -1.13. The quantitative estimate of drug-likeness (QED) is 0.877. The summed E-state index contributed by atoms with van der Waals surface area (Å²) in [5.74, 6) is -1.44. The summed E-state index contributed by atoms with van der Waals surface area (Å²) in [6.45, 7) is 1.02. The Morgan fingerprint density at radius 1 is 1.04 bits per heavy atom. The van der Waals surface area contributed by atoms with Gasteiger partial charge in [-0.05, 0) is 36.2 Å². The van der Waals surface area contributed by atoms with Crippen LogP contribution >= 0.6 is 0 Å². The van der Waals surface area contributed by atoms with Crippen molar-refractivity contribution in [2.45, 2.75) is 19.4 Å². The van der Waals surface area contributed by atoms with E-state index in [1.165, 1.54) is 12.1 Å². The Bertz CT molecular complexity index is 814. The van der Waals surface area contributed by atoms with Gasteiger partial charge < -0.3 is 15.3 Å². The molecule has 2 N–H and O–H groups in total. The van der Waals surface area contributed by atoms with E-state index in [1.807, 2.05) is 24.3 Å². The van der Waals surface area contributed by atoms with Crippen LogP contribution in [0.4, 0.5) is 5.69 Å². The number of hydrogen-bond acceptors (Lipinski definition) is 3. The summed E-state index contributed by atoms with van der Waals surface area (Å²) < 4.78 is 0. The van der Waals surface area contributed by atoms with Gasteiger partial charge in [-0.25, -0.2) is 4.79 Å². The Kier molecular flexibility index (Phi) is 4.79. The summed E-state index contributed by atoms with van der Waals surface area (Å²) in [5, 5.41) is 11.9. The Hall–Kier alpha value is -3.15. The summed E-state index contributed by atoms with van der Waals surface area (Å²) in [6.07, 6.45) is 1.46. The van der Waals surface area contributed by atoms with Gasteiger partial charge in [-0.1, -0.05) is 24.3 Å². The molecule has 25 heavy (non-hydrogen) atoms. The minimum absolute atomic E-state index is 0.0251. The van der Waals surface area contributed by atoms with Crippen molar-refractivity contribution in [2.75, 3.05) is 11.4 Å². The predicted octanol–water partition coefficient (Wildman–Crippen LogP) is 2.44. The molecular weight excluding hydrogens is 320 g/mol. The van der Waals surface area contributed by atoms with E-state index in [9.17, 15) is 14.4 Å². The number of carbonyl (C=O) groups excluding carboxylic acids is 2. The van der Waals surface area contributed by atoms with Gasteiger partial charge in [0.25, 0.3) is 5.91 Å². The van der Waals surface area contributed by atoms with Crippen LogP contribution in [0, 0.1) is 0 Å². The minimum Gasteiger partial charge on any atom is -0.478 e. The number of carbonyl (C=O) groups is 3. The number of nitrogens with zero attached hydrogens (tertiary/aromatic N) is 1. The molecule has 1 fully saturated rings. The van der Waals surface area contributed by atoms with Crippen LogP contribution in [-0.2, 0) is 11.3 Å². The van der Waals surface area contributed by atoms with Gasteiger partial charge in [-0.2, -0.15) is 0 Å². The van der Waals surface area contributed by atoms with Crippen LogP contribution in [-0.4, -0.2) is 29.4 Å². The molecule has 0 unspecified atom stereocenters. The average Bonchev–Trinajstić information content (AvgIpc) is 3.06. The van der Waals surface area contributed by atoms with Crippen molar-refractivity contribution in [3.63, 3.8) is 0 Å². The van der Waals surface area contributed by atoms with Crippen molar-refractivity contribution in [2.24, 2.45) is 0 Å². The number of amides is 2. The highest BCUT2D eigenvalue weighted by molar-refractivity contribution is 6.04. The van der Waals surface area contributed by atoms with Gasteiger partial charge in [0.1, 0.15) is 0 Å². The molecule has 3 rings (SSSR count). The second kappa shape index (κ2) is 7.17. The van der Waals surface area contributed by atoms with E-state index < -0.39 is 11.9 Å². The lowest BCUT2D eigenvalue weighted by Gasteiger charge is -2.16. The monoisotopic (exact) mass is 338 g/mol. The summed E-state index contributed by atoms with van der Waals surface area (Å²) >= 11 is 0. The molecule has 0 atom stereocenters. The number of anilines is 1. The summed E-state index contributed by atoms with van der Waals surface area (Å²) in [7, 11) is 0. The third-order valence-electron chi connectivity index (χ3n) is 4.18. The van der Waals surface area contributed by atoms with Crippen molar-refractivity contribution in [1.29, 1.82) is 0 Å². The Morgan fingerprint density at radius 2 is 1.72 bits per heavy atom. The zero-order valence-corrected chi connectivity index (χ0v) is 13.6. The van der Waals surface area contributed by atoms with Gasteiger partial charge in [0, 0.05) is 25.2 Å². The molecule has 2 aromatic rings. The van der Waals surface area contributed by atoms with Crippen LogP contribution in [0.2, 0.25) is 0 Å². The fourth-order valence-electron chi connectivity index (χ4n) is 2.86. The highest BCUT2D eigenvalue weighted by Gasteiger charge is 2.21. The van der Waals surface area contributed by atoms with Gasteiger partial charge >= 0.3 is 5.97 Å². The normalized spacial score (nSPS) is 13.8. The van der Waals surface area contributed by atoms with Crippen molar-refractivity contribution >= 4 is 23.5 Å². The number of rotatable bonds is 5. The Balaban J connectivity index is 1.65. The first kappa shape index (κ1) is 16.7. The van der Waals surface area contributed by atoms with Crippen LogP contribution in [0.5, 0.6) is 0 Å². The molecule has 0 aliphatic carbocycles. The second-order valence-electron chi connectivity index (χ2n) is 5.85. The molecule has 128 valence electrons. The van der Waals surface area contributed by atoms with Gasteiger partial charge in [-0.3, -0.25) is 9.59 Å². The number of carboxylic acid groups (broad SMARTS) is 1. The molecule has 2 aromatic carbocycles. The lowest BCUT2D eigenvalue weighted by Crippen LogP contribution is -2.25. The molecule has 1 saturated heterocycles.